The normalized spacial score (nSPS) is 11.2. The number of benzene rings is 2. The largest absolute Gasteiger partial charge is 0.494 e. The first-order valence-electron chi connectivity index (χ1n) is 11.6. The molecule has 7 heteroatoms. The average molecular weight is 459 g/mol. The summed E-state index contributed by atoms with van der Waals surface area (Å²) in [6.45, 7) is 7.63. The van der Waals surface area contributed by atoms with Gasteiger partial charge >= 0.3 is 0 Å². The smallest absolute Gasteiger partial charge is 0.276 e. The first-order chi connectivity index (χ1) is 16.4. The van der Waals surface area contributed by atoms with Crippen LogP contribution in [0, 0.1) is 0 Å². The number of amides is 1. The van der Waals surface area contributed by atoms with Gasteiger partial charge in [0.1, 0.15) is 11.3 Å². The molecule has 0 saturated carbocycles. The molecule has 0 bridgehead atoms. The van der Waals surface area contributed by atoms with Crippen LogP contribution in [0.4, 0.5) is 0 Å². The Morgan fingerprint density at radius 1 is 1.06 bits per heavy atom. The Morgan fingerprint density at radius 2 is 1.79 bits per heavy atom. The predicted molar refractivity (Wildman–Crippen MR) is 133 cm³/mol. The standard InChI is InChI=1S/C27H30N4O3/c1-4-34-23-11-9-22(10-12-23)24-17-25-27(33)30(15-16-31(25)29-24)14-13-26(32)28-18-20-5-7-21(8-6-20)19(2)3/h5-12,15-17,19H,4,13-14,18H2,1-3H3,(H,28,32). The monoisotopic (exact) mass is 458 g/mol. The second-order valence-corrected chi connectivity index (χ2v) is 8.54. The molecule has 1 N–H and O–H groups in total. The summed E-state index contributed by atoms with van der Waals surface area (Å²) in [5.41, 5.74) is 4.23. The Kier molecular flexibility index (Phi) is 7.11. The van der Waals surface area contributed by atoms with Gasteiger partial charge in [-0.05, 0) is 54.3 Å². The van der Waals surface area contributed by atoms with Gasteiger partial charge in [0.25, 0.3) is 5.56 Å². The number of carbonyl (C=O) groups is 1. The fourth-order valence-corrected chi connectivity index (χ4v) is 3.76. The van der Waals surface area contributed by atoms with Gasteiger partial charge in [0, 0.05) is 37.5 Å². The van der Waals surface area contributed by atoms with Crippen LogP contribution in [0.1, 0.15) is 44.2 Å². The second kappa shape index (κ2) is 10.4. The van der Waals surface area contributed by atoms with Crippen LogP contribution < -0.4 is 15.6 Å². The van der Waals surface area contributed by atoms with E-state index in [0.29, 0.717) is 36.8 Å². The fourth-order valence-electron chi connectivity index (χ4n) is 3.76. The fraction of sp³-hybridized carbons (Fsp3) is 0.296. The van der Waals surface area contributed by atoms with Gasteiger partial charge in [0.15, 0.2) is 0 Å². The molecule has 4 rings (SSSR count). The molecule has 0 spiro atoms. The lowest BCUT2D eigenvalue weighted by atomic mass is 10.0. The van der Waals surface area contributed by atoms with E-state index in [-0.39, 0.29) is 17.9 Å². The van der Waals surface area contributed by atoms with E-state index in [4.69, 9.17) is 4.74 Å². The molecule has 1 amide bonds. The van der Waals surface area contributed by atoms with Crippen molar-refractivity contribution in [2.24, 2.45) is 0 Å². The van der Waals surface area contributed by atoms with E-state index in [9.17, 15) is 9.59 Å². The third-order valence-electron chi connectivity index (χ3n) is 5.78. The highest BCUT2D eigenvalue weighted by atomic mass is 16.5. The van der Waals surface area contributed by atoms with E-state index in [1.54, 1.807) is 27.5 Å². The summed E-state index contributed by atoms with van der Waals surface area (Å²) in [4.78, 5) is 25.3. The lowest BCUT2D eigenvalue weighted by molar-refractivity contribution is -0.121. The van der Waals surface area contributed by atoms with Crippen LogP contribution in [0.3, 0.4) is 0 Å². The maximum Gasteiger partial charge on any atom is 0.276 e. The number of carbonyl (C=O) groups excluding carboxylic acids is 1. The number of aromatic nitrogens is 3. The number of ether oxygens (including phenoxy) is 1. The summed E-state index contributed by atoms with van der Waals surface area (Å²) >= 11 is 0. The Labute approximate surface area is 199 Å². The third-order valence-corrected chi connectivity index (χ3v) is 5.78. The first kappa shape index (κ1) is 23.3. The zero-order chi connectivity index (χ0) is 24.1. The molecule has 176 valence electrons. The van der Waals surface area contributed by atoms with Crippen LogP contribution in [0.15, 0.2) is 71.8 Å². The first-order valence-corrected chi connectivity index (χ1v) is 11.6. The van der Waals surface area contributed by atoms with E-state index in [2.05, 4.69) is 36.4 Å². The molecule has 34 heavy (non-hydrogen) atoms. The molecule has 0 fully saturated rings. The number of nitrogens with zero attached hydrogens (tertiary/aromatic N) is 3. The van der Waals surface area contributed by atoms with Gasteiger partial charge in [-0.15, -0.1) is 0 Å². The minimum atomic E-state index is -0.177. The maximum atomic E-state index is 12.9. The minimum absolute atomic E-state index is 0.0942. The third kappa shape index (κ3) is 5.36. The van der Waals surface area contributed by atoms with E-state index < -0.39 is 0 Å². The zero-order valence-electron chi connectivity index (χ0n) is 19.8. The van der Waals surface area contributed by atoms with Gasteiger partial charge in [0.2, 0.25) is 5.91 Å². The van der Waals surface area contributed by atoms with Crippen molar-refractivity contribution in [3.8, 4) is 17.0 Å². The lowest BCUT2D eigenvalue weighted by Gasteiger charge is -2.09. The number of rotatable bonds is 9. The summed E-state index contributed by atoms with van der Waals surface area (Å²) in [5, 5.41) is 7.45. The summed E-state index contributed by atoms with van der Waals surface area (Å²) in [6.07, 6.45) is 3.63. The maximum absolute atomic E-state index is 12.9. The lowest BCUT2D eigenvalue weighted by Crippen LogP contribution is -2.27. The number of hydrogen-bond donors (Lipinski definition) is 1. The van der Waals surface area contributed by atoms with Crippen LogP contribution in [-0.2, 0) is 17.9 Å². The highest BCUT2D eigenvalue weighted by Gasteiger charge is 2.11. The molecule has 0 aliphatic carbocycles. The van der Waals surface area contributed by atoms with Crippen LogP contribution >= 0.6 is 0 Å². The van der Waals surface area contributed by atoms with E-state index in [1.807, 2.05) is 43.3 Å². The Morgan fingerprint density at radius 3 is 2.47 bits per heavy atom. The predicted octanol–water partition coefficient (Wildman–Crippen LogP) is 4.39. The molecule has 0 saturated heterocycles. The number of hydrogen-bond acceptors (Lipinski definition) is 4. The van der Waals surface area contributed by atoms with Crippen molar-refractivity contribution in [1.82, 2.24) is 19.5 Å². The molecule has 2 aromatic carbocycles. The Hall–Kier alpha value is -3.87. The molecule has 2 aromatic heterocycles. The Bertz CT molecular complexity index is 1320. The van der Waals surface area contributed by atoms with Crippen molar-refractivity contribution >= 4 is 11.4 Å². The Balaban J connectivity index is 1.38. The molecule has 4 aromatic rings. The van der Waals surface area contributed by atoms with Crippen molar-refractivity contribution < 1.29 is 9.53 Å². The van der Waals surface area contributed by atoms with Gasteiger partial charge in [-0.1, -0.05) is 38.1 Å². The van der Waals surface area contributed by atoms with Crippen molar-refractivity contribution in [1.29, 1.82) is 0 Å². The highest BCUT2D eigenvalue weighted by molar-refractivity contribution is 5.75. The van der Waals surface area contributed by atoms with Crippen LogP contribution in [0.5, 0.6) is 5.75 Å². The van der Waals surface area contributed by atoms with E-state index in [1.165, 1.54) is 5.56 Å². The molecule has 0 unspecified atom stereocenters. The van der Waals surface area contributed by atoms with Gasteiger partial charge in [-0.2, -0.15) is 5.10 Å². The SMILES string of the molecule is CCOc1ccc(-c2cc3c(=O)n(CCC(=O)NCc4ccc(C(C)C)cc4)ccn3n2)cc1. The topological polar surface area (TPSA) is 77.6 Å². The number of aryl methyl sites for hydroxylation is 1. The van der Waals surface area contributed by atoms with Crippen molar-refractivity contribution in [3.05, 3.63) is 88.5 Å². The summed E-state index contributed by atoms with van der Waals surface area (Å²) in [5.74, 6) is 1.18. The van der Waals surface area contributed by atoms with Gasteiger partial charge < -0.3 is 14.6 Å². The minimum Gasteiger partial charge on any atom is -0.494 e. The average Bonchev–Trinajstić information content (AvgIpc) is 3.28. The van der Waals surface area contributed by atoms with Gasteiger partial charge in [-0.25, -0.2) is 4.52 Å². The van der Waals surface area contributed by atoms with Crippen molar-refractivity contribution in [2.75, 3.05) is 6.61 Å². The molecular weight excluding hydrogens is 428 g/mol. The summed E-state index contributed by atoms with van der Waals surface area (Å²) in [6, 6.07) is 17.7. The molecule has 7 nitrogen and oxygen atoms in total. The van der Waals surface area contributed by atoms with Crippen LogP contribution in [0.2, 0.25) is 0 Å². The molecular formula is C27H30N4O3. The molecule has 0 aliphatic heterocycles. The number of nitrogens with one attached hydrogen (secondary N) is 1. The summed E-state index contributed by atoms with van der Waals surface area (Å²) < 4.78 is 8.61. The zero-order valence-corrected chi connectivity index (χ0v) is 19.8. The van der Waals surface area contributed by atoms with Crippen molar-refractivity contribution in [2.45, 2.75) is 46.2 Å². The van der Waals surface area contributed by atoms with Gasteiger partial charge in [0.05, 0.1) is 12.3 Å². The van der Waals surface area contributed by atoms with E-state index >= 15 is 0 Å². The second-order valence-electron chi connectivity index (χ2n) is 8.54. The van der Waals surface area contributed by atoms with Crippen molar-refractivity contribution in [3.63, 3.8) is 0 Å². The summed E-state index contributed by atoms with van der Waals surface area (Å²) in [7, 11) is 0. The van der Waals surface area contributed by atoms with Crippen LogP contribution in [0.25, 0.3) is 16.8 Å². The highest BCUT2D eigenvalue weighted by Crippen LogP contribution is 2.22. The molecule has 2 heterocycles. The quantitative estimate of drug-likeness (QED) is 0.404. The molecule has 0 radical (unpaired) electrons. The van der Waals surface area contributed by atoms with E-state index in [0.717, 1.165) is 16.9 Å². The molecule has 0 atom stereocenters. The molecule has 0 aliphatic rings. The van der Waals surface area contributed by atoms with Crippen LogP contribution in [-0.4, -0.2) is 26.7 Å². The number of fused-ring (bicyclic) bond motifs is 1. The van der Waals surface area contributed by atoms with Gasteiger partial charge in [-0.3, -0.25) is 9.59 Å².